The summed E-state index contributed by atoms with van der Waals surface area (Å²) in [4.78, 5) is 32.9. The summed E-state index contributed by atoms with van der Waals surface area (Å²) in [7, 11) is 0. The third-order valence-corrected chi connectivity index (χ3v) is 1.43. The Kier molecular flexibility index (Phi) is 1.53. The highest BCUT2D eigenvalue weighted by molar-refractivity contribution is 6.41. The lowest BCUT2D eigenvalue weighted by Gasteiger charge is -2.07. The minimum absolute atomic E-state index is 0.0336. The molecule has 10 heavy (non-hydrogen) atoms. The van der Waals surface area contributed by atoms with E-state index in [-0.39, 0.29) is 19.0 Å². The molecule has 4 nitrogen and oxygen atoms in total. The summed E-state index contributed by atoms with van der Waals surface area (Å²) in [6, 6.07) is 0. The van der Waals surface area contributed by atoms with Gasteiger partial charge in [0.1, 0.15) is 0 Å². The van der Waals surface area contributed by atoms with E-state index in [4.69, 9.17) is 0 Å². The van der Waals surface area contributed by atoms with Gasteiger partial charge in [0.2, 0.25) is 17.5 Å². The van der Waals surface area contributed by atoms with E-state index in [1.807, 2.05) is 0 Å². The molecule has 1 aliphatic rings. The van der Waals surface area contributed by atoms with Gasteiger partial charge in [-0.05, 0) is 0 Å². The minimum atomic E-state index is -0.463. The lowest BCUT2D eigenvalue weighted by atomic mass is 10.3. The molecular weight excluding hydrogens is 134 g/mol. The molecule has 0 bridgehead atoms. The maximum absolute atomic E-state index is 10.6. The first kappa shape index (κ1) is 6.92. The lowest BCUT2D eigenvalue weighted by molar-refractivity contribution is -0.132. The molecule has 0 radical (unpaired) electrons. The van der Waals surface area contributed by atoms with Crippen LogP contribution in [0.1, 0.15) is 6.92 Å². The van der Waals surface area contributed by atoms with Crippen LogP contribution in [0.5, 0.6) is 0 Å². The number of Topliss-reactive ketones (excluding diaryl/α,β-unsaturated/α-hetero) is 2. The quantitative estimate of drug-likeness (QED) is 0.406. The molecule has 1 amide bonds. The Bertz CT molecular complexity index is 193. The Balaban J connectivity index is 2.66. The van der Waals surface area contributed by atoms with Crippen LogP contribution in [0.25, 0.3) is 0 Å². The first-order chi connectivity index (χ1) is 4.61. The van der Waals surface area contributed by atoms with Crippen molar-refractivity contribution in [3.63, 3.8) is 0 Å². The highest BCUT2D eigenvalue weighted by atomic mass is 16.2. The second-order valence-corrected chi connectivity index (χ2v) is 2.22. The molecule has 1 aliphatic heterocycles. The Labute approximate surface area is 57.8 Å². The van der Waals surface area contributed by atoms with Crippen LogP contribution in [-0.2, 0) is 14.4 Å². The van der Waals surface area contributed by atoms with Gasteiger partial charge in [-0.2, -0.15) is 0 Å². The van der Waals surface area contributed by atoms with Crippen LogP contribution in [0.2, 0.25) is 0 Å². The van der Waals surface area contributed by atoms with Crippen molar-refractivity contribution in [3.05, 3.63) is 0 Å². The molecule has 1 rings (SSSR count). The number of hydrogen-bond acceptors (Lipinski definition) is 3. The van der Waals surface area contributed by atoms with Crippen LogP contribution in [0.15, 0.2) is 0 Å². The third-order valence-electron chi connectivity index (χ3n) is 1.43. The van der Waals surface area contributed by atoms with Crippen LogP contribution in [-0.4, -0.2) is 35.5 Å². The molecule has 54 valence electrons. The predicted molar refractivity (Wildman–Crippen MR) is 32.3 cm³/mol. The summed E-state index contributed by atoms with van der Waals surface area (Å²) in [5.41, 5.74) is 0. The van der Waals surface area contributed by atoms with E-state index in [2.05, 4.69) is 0 Å². The van der Waals surface area contributed by atoms with Gasteiger partial charge in [0.25, 0.3) is 0 Å². The van der Waals surface area contributed by atoms with Gasteiger partial charge in [-0.1, -0.05) is 0 Å². The number of carbonyl (C=O) groups is 3. The number of likely N-dealkylation sites (tertiary alicyclic amines) is 1. The zero-order valence-corrected chi connectivity index (χ0v) is 5.59. The molecule has 0 spiro atoms. The average Bonchev–Trinajstić information content (AvgIpc) is 2.13. The largest absolute Gasteiger partial charge is 0.327 e. The highest BCUT2D eigenvalue weighted by Crippen LogP contribution is 1.99. The fourth-order valence-corrected chi connectivity index (χ4v) is 0.802. The van der Waals surface area contributed by atoms with Gasteiger partial charge < -0.3 is 4.90 Å². The topological polar surface area (TPSA) is 54.5 Å². The molecule has 0 aromatic heterocycles. The fourth-order valence-electron chi connectivity index (χ4n) is 0.802. The number of rotatable bonds is 0. The van der Waals surface area contributed by atoms with Crippen molar-refractivity contribution in [2.24, 2.45) is 0 Å². The van der Waals surface area contributed by atoms with E-state index in [0.29, 0.717) is 0 Å². The Morgan fingerprint density at radius 2 is 1.70 bits per heavy atom. The molecule has 0 aromatic rings. The molecule has 1 fully saturated rings. The Morgan fingerprint density at radius 3 is 1.90 bits per heavy atom. The van der Waals surface area contributed by atoms with Crippen LogP contribution >= 0.6 is 0 Å². The average molecular weight is 141 g/mol. The summed E-state index contributed by atoms with van der Waals surface area (Å²) < 4.78 is 0. The molecule has 1 saturated heterocycles. The highest BCUT2D eigenvalue weighted by Gasteiger charge is 2.29. The van der Waals surface area contributed by atoms with Gasteiger partial charge in [-0.15, -0.1) is 0 Å². The summed E-state index contributed by atoms with van der Waals surface area (Å²) in [5, 5.41) is 0. The van der Waals surface area contributed by atoms with Gasteiger partial charge in [0.15, 0.2) is 0 Å². The molecule has 0 atom stereocenters. The van der Waals surface area contributed by atoms with Crippen molar-refractivity contribution in [2.75, 3.05) is 13.1 Å². The van der Waals surface area contributed by atoms with Gasteiger partial charge in [0, 0.05) is 6.92 Å². The molecule has 0 unspecified atom stereocenters. The monoisotopic (exact) mass is 141 g/mol. The maximum atomic E-state index is 10.6. The molecule has 0 saturated carbocycles. The fraction of sp³-hybridized carbons (Fsp3) is 0.500. The minimum Gasteiger partial charge on any atom is -0.327 e. The molecule has 1 heterocycles. The Hall–Kier alpha value is -1.19. The standard InChI is InChI=1S/C6H7NO3/c1-4(8)7-2-5(9)6(10)3-7/h2-3H2,1H3. The van der Waals surface area contributed by atoms with E-state index in [0.717, 1.165) is 0 Å². The molecule has 0 aliphatic carbocycles. The van der Waals surface area contributed by atoms with Crippen molar-refractivity contribution >= 4 is 17.5 Å². The second-order valence-electron chi connectivity index (χ2n) is 2.22. The van der Waals surface area contributed by atoms with E-state index in [9.17, 15) is 14.4 Å². The van der Waals surface area contributed by atoms with Crippen molar-refractivity contribution < 1.29 is 14.4 Å². The lowest BCUT2D eigenvalue weighted by Crippen LogP contribution is -2.26. The Morgan fingerprint density at radius 1 is 1.30 bits per heavy atom. The number of hydrogen-bond donors (Lipinski definition) is 0. The zero-order valence-electron chi connectivity index (χ0n) is 5.59. The predicted octanol–water partition coefficient (Wildman–Crippen LogP) is -1.01. The second kappa shape index (κ2) is 2.21. The van der Waals surface area contributed by atoms with E-state index in [1.165, 1.54) is 11.8 Å². The number of amides is 1. The molecule has 4 heteroatoms. The molecule has 0 N–H and O–H groups in total. The molecular formula is C6H7NO3. The van der Waals surface area contributed by atoms with Gasteiger partial charge >= 0.3 is 0 Å². The van der Waals surface area contributed by atoms with E-state index in [1.54, 1.807) is 0 Å². The third kappa shape index (κ3) is 1.05. The SMILES string of the molecule is CC(=O)N1CC(=O)C(=O)C1. The summed E-state index contributed by atoms with van der Waals surface area (Å²) >= 11 is 0. The first-order valence-electron chi connectivity index (χ1n) is 2.93. The van der Waals surface area contributed by atoms with Crippen molar-refractivity contribution in [2.45, 2.75) is 6.92 Å². The smallest absolute Gasteiger partial charge is 0.220 e. The summed E-state index contributed by atoms with van der Waals surface area (Å²) in [6.07, 6.45) is 0. The number of ketones is 2. The van der Waals surface area contributed by atoms with Crippen LogP contribution in [0, 0.1) is 0 Å². The zero-order chi connectivity index (χ0) is 7.72. The van der Waals surface area contributed by atoms with Crippen LogP contribution in [0.3, 0.4) is 0 Å². The van der Waals surface area contributed by atoms with Crippen molar-refractivity contribution in [1.29, 1.82) is 0 Å². The van der Waals surface area contributed by atoms with E-state index >= 15 is 0 Å². The van der Waals surface area contributed by atoms with Gasteiger partial charge in [0.05, 0.1) is 13.1 Å². The summed E-state index contributed by atoms with van der Waals surface area (Å²) in [5.74, 6) is -1.15. The molecule has 0 aromatic carbocycles. The number of nitrogens with zero attached hydrogens (tertiary/aromatic N) is 1. The van der Waals surface area contributed by atoms with Crippen LogP contribution < -0.4 is 0 Å². The van der Waals surface area contributed by atoms with E-state index < -0.39 is 11.6 Å². The van der Waals surface area contributed by atoms with Gasteiger partial charge in [-0.25, -0.2) is 0 Å². The normalized spacial score (nSPS) is 18.3. The van der Waals surface area contributed by atoms with Gasteiger partial charge in [-0.3, -0.25) is 14.4 Å². The first-order valence-corrected chi connectivity index (χ1v) is 2.93. The maximum Gasteiger partial charge on any atom is 0.220 e. The van der Waals surface area contributed by atoms with Crippen molar-refractivity contribution in [1.82, 2.24) is 4.90 Å². The summed E-state index contributed by atoms with van der Waals surface area (Å²) in [6.45, 7) is 1.27. The number of carbonyl (C=O) groups excluding carboxylic acids is 3. The van der Waals surface area contributed by atoms with Crippen molar-refractivity contribution in [3.8, 4) is 0 Å². The van der Waals surface area contributed by atoms with Crippen LogP contribution in [0.4, 0.5) is 0 Å².